The number of nitrogens with zero attached hydrogens (tertiary/aromatic N) is 1. The third kappa shape index (κ3) is 3.79. The van der Waals surface area contributed by atoms with Gasteiger partial charge in [-0.15, -0.1) is 0 Å². The van der Waals surface area contributed by atoms with Crippen molar-refractivity contribution in [2.75, 3.05) is 19.7 Å². The molecule has 128 valence electrons. The third-order valence-corrected chi connectivity index (χ3v) is 7.05. The minimum Gasteiger partial charge on any atom is -0.371 e. The second-order valence-corrected chi connectivity index (χ2v) is 8.99. The Morgan fingerprint density at radius 2 is 1.79 bits per heavy atom. The van der Waals surface area contributed by atoms with Crippen molar-refractivity contribution in [3.05, 3.63) is 62.5 Å². The molecule has 4 nitrogen and oxygen atoms in total. The molecule has 8 heteroatoms. The number of rotatable bonds is 3. The van der Waals surface area contributed by atoms with Crippen molar-refractivity contribution in [2.24, 2.45) is 0 Å². The van der Waals surface area contributed by atoms with Gasteiger partial charge in [-0.2, -0.15) is 4.31 Å². The molecule has 0 amide bonds. The van der Waals surface area contributed by atoms with Crippen LogP contribution in [-0.4, -0.2) is 32.4 Å². The Bertz CT molecular complexity index is 840. The molecule has 1 atom stereocenters. The number of ether oxygens (including phenoxy) is 1. The SMILES string of the molecule is O=S(=O)(c1ccccc1Br)N1CCOC(c2cc(Cl)cc(Cl)c2)C1. The maximum Gasteiger partial charge on any atom is 0.244 e. The highest BCUT2D eigenvalue weighted by molar-refractivity contribution is 9.10. The van der Waals surface area contributed by atoms with Crippen LogP contribution in [0.4, 0.5) is 0 Å². The molecule has 0 saturated carbocycles. The zero-order chi connectivity index (χ0) is 17.3. The molecule has 1 aliphatic rings. The summed E-state index contributed by atoms with van der Waals surface area (Å²) in [6, 6.07) is 11.9. The van der Waals surface area contributed by atoms with Gasteiger partial charge in [0.1, 0.15) is 0 Å². The molecule has 1 aliphatic heterocycles. The van der Waals surface area contributed by atoms with Gasteiger partial charge in [-0.3, -0.25) is 0 Å². The molecule has 2 aromatic carbocycles. The summed E-state index contributed by atoms with van der Waals surface area (Å²) in [5.74, 6) is 0. The van der Waals surface area contributed by atoms with E-state index in [1.54, 1.807) is 42.5 Å². The number of hydrogen-bond donors (Lipinski definition) is 0. The summed E-state index contributed by atoms with van der Waals surface area (Å²) in [4.78, 5) is 0.245. The summed E-state index contributed by atoms with van der Waals surface area (Å²) < 4.78 is 33.5. The van der Waals surface area contributed by atoms with E-state index in [-0.39, 0.29) is 11.4 Å². The first kappa shape index (κ1) is 18.2. The Morgan fingerprint density at radius 3 is 2.46 bits per heavy atom. The molecule has 1 fully saturated rings. The predicted octanol–water partition coefficient (Wildman–Crippen LogP) is 4.52. The number of benzene rings is 2. The van der Waals surface area contributed by atoms with Gasteiger partial charge in [0.05, 0.1) is 17.6 Å². The largest absolute Gasteiger partial charge is 0.371 e. The highest BCUT2D eigenvalue weighted by Gasteiger charge is 2.32. The normalized spacial score (nSPS) is 19.4. The van der Waals surface area contributed by atoms with E-state index in [1.807, 2.05) is 0 Å². The van der Waals surface area contributed by atoms with E-state index in [0.717, 1.165) is 5.56 Å². The summed E-state index contributed by atoms with van der Waals surface area (Å²) in [5, 5.41) is 0.985. The monoisotopic (exact) mass is 449 g/mol. The molecule has 0 N–H and O–H groups in total. The highest BCUT2D eigenvalue weighted by atomic mass is 79.9. The smallest absolute Gasteiger partial charge is 0.244 e. The number of morpholine rings is 1. The van der Waals surface area contributed by atoms with E-state index < -0.39 is 16.1 Å². The zero-order valence-corrected chi connectivity index (χ0v) is 16.4. The second kappa shape index (κ2) is 7.32. The fraction of sp³-hybridized carbons (Fsp3) is 0.250. The van der Waals surface area contributed by atoms with Gasteiger partial charge in [0, 0.05) is 27.6 Å². The van der Waals surface area contributed by atoms with Gasteiger partial charge >= 0.3 is 0 Å². The van der Waals surface area contributed by atoms with Gasteiger partial charge in [0.25, 0.3) is 0 Å². The average Bonchev–Trinajstić information content (AvgIpc) is 2.54. The first-order chi connectivity index (χ1) is 11.4. The minimum absolute atomic E-state index is 0.209. The molecule has 0 bridgehead atoms. The van der Waals surface area contributed by atoms with Crippen molar-refractivity contribution in [1.29, 1.82) is 0 Å². The number of sulfonamides is 1. The van der Waals surface area contributed by atoms with E-state index >= 15 is 0 Å². The lowest BCUT2D eigenvalue weighted by molar-refractivity contribution is -0.00255. The van der Waals surface area contributed by atoms with Crippen LogP contribution in [0.25, 0.3) is 0 Å². The standard InChI is InChI=1S/C16H14BrCl2NO3S/c17-14-3-1-2-4-16(14)24(21,22)20-5-6-23-15(10-20)11-7-12(18)9-13(19)8-11/h1-4,7-9,15H,5-6,10H2. The van der Waals surface area contributed by atoms with Crippen LogP contribution in [-0.2, 0) is 14.8 Å². The highest BCUT2D eigenvalue weighted by Crippen LogP contribution is 2.31. The van der Waals surface area contributed by atoms with Crippen LogP contribution in [0.2, 0.25) is 10.0 Å². The van der Waals surface area contributed by atoms with Crippen molar-refractivity contribution < 1.29 is 13.2 Å². The fourth-order valence-corrected chi connectivity index (χ4v) is 5.53. The number of halogens is 3. The summed E-state index contributed by atoms with van der Waals surface area (Å²) in [5.41, 5.74) is 0.763. The summed E-state index contributed by atoms with van der Waals surface area (Å²) in [6.07, 6.45) is -0.410. The minimum atomic E-state index is -3.61. The summed E-state index contributed by atoms with van der Waals surface area (Å²) in [7, 11) is -3.61. The average molecular weight is 451 g/mol. The van der Waals surface area contributed by atoms with Crippen molar-refractivity contribution in [2.45, 2.75) is 11.0 Å². The van der Waals surface area contributed by atoms with E-state index in [2.05, 4.69) is 15.9 Å². The van der Waals surface area contributed by atoms with E-state index in [1.165, 1.54) is 4.31 Å². The van der Waals surface area contributed by atoms with Crippen LogP contribution in [0.3, 0.4) is 0 Å². The zero-order valence-electron chi connectivity index (χ0n) is 12.5. The Morgan fingerprint density at radius 1 is 1.12 bits per heavy atom. The van der Waals surface area contributed by atoms with Crippen molar-refractivity contribution in [3.8, 4) is 0 Å². The molecular weight excluding hydrogens is 437 g/mol. The van der Waals surface area contributed by atoms with Crippen molar-refractivity contribution in [3.63, 3.8) is 0 Å². The first-order valence-electron chi connectivity index (χ1n) is 7.20. The summed E-state index contributed by atoms with van der Waals surface area (Å²) >= 11 is 15.4. The Kier molecular flexibility index (Phi) is 5.54. The fourth-order valence-electron chi connectivity index (χ4n) is 2.60. The molecular formula is C16H14BrCl2NO3S. The van der Waals surface area contributed by atoms with Crippen LogP contribution in [0, 0.1) is 0 Å². The first-order valence-corrected chi connectivity index (χ1v) is 10.2. The van der Waals surface area contributed by atoms with Gasteiger partial charge < -0.3 is 4.74 Å². The van der Waals surface area contributed by atoms with Crippen LogP contribution < -0.4 is 0 Å². The van der Waals surface area contributed by atoms with Gasteiger partial charge in [0.15, 0.2) is 0 Å². The maximum absolute atomic E-state index is 12.9. The molecule has 1 saturated heterocycles. The molecule has 1 heterocycles. The quantitative estimate of drug-likeness (QED) is 0.690. The Hall–Kier alpha value is -0.630. The third-order valence-electron chi connectivity index (χ3n) is 3.74. The van der Waals surface area contributed by atoms with Crippen LogP contribution in [0.1, 0.15) is 11.7 Å². The molecule has 1 unspecified atom stereocenters. The van der Waals surface area contributed by atoms with Gasteiger partial charge in [-0.05, 0) is 51.8 Å². The van der Waals surface area contributed by atoms with Gasteiger partial charge in [0.2, 0.25) is 10.0 Å². The van der Waals surface area contributed by atoms with Gasteiger partial charge in [-0.25, -0.2) is 8.42 Å². The Labute approximate surface area is 159 Å². The molecule has 3 rings (SSSR count). The maximum atomic E-state index is 12.9. The lowest BCUT2D eigenvalue weighted by atomic mass is 10.1. The summed E-state index contributed by atoms with van der Waals surface area (Å²) in [6.45, 7) is 0.813. The molecule has 24 heavy (non-hydrogen) atoms. The topological polar surface area (TPSA) is 46.6 Å². The van der Waals surface area contributed by atoms with E-state index in [9.17, 15) is 8.42 Å². The molecule has 0 aliphatic carbocycles. The Balaban J connectivity index is 1.89. The lowest BCUT2D eigenvalue weighted by Crippen LogP contribution is -2.42. The van der Waals surface area contributed by atoms with Crippen LogP contribution in [0.15, 0.2) is 51.8 Å². The molecule has 0 radical (unpaired) electrons. The lowest BCUT2D eigenvalue weighted by Gasteiger charge is -2.32. The molecule has 0 spiro atoms. The van der Waals surface area contributed by atoms with Crippen molar-refractivity contribution >= 4 is 49.2 Å². The van der Waals surface area contributed by atoms with E-state index in [4.69, 9.17) is 27.9 Å². The molecule has 0 aromatic heterocycles. The van der Waals surface area contributed by atoms with Crippen LogP contribution >= 0.6 is 39.1 Å². The molecule has 2 aromatic rings. The second-order valence-electron chi connectivity index (χ2n) is 5.36. The van der Waals surface area contributed by atoms with Crippen LogP contribution in [0.5, 0.6) is 0 Å². The predicted molar refractivity (Wildman–Crippen MR) is 98.1 cm³/mol. The van der Waals surface area contributed by atoms with Gasteiger partial charge in [-0.1, -0.05) is 35.3 Å². The van der Waals surface area contributed by atoms with Crippen molar-refractivity contribution in [1.82, 2.24) is 4.31 Å². The van der Waals surface area contributed by atoms with E-state index in [0.29, 0.717) is 27.7 Å². The number of hydrogen-bond acceptors (Lipinski definition) is 3.